The Labute approximate surface area is 138 Å². The number of nitrogens with zero attached hydrogens (tertiary/aromatic N) is 2. The van der Waals surface area contributed by atoms with Gasteiger partial charge in [-0.2, -0.15) is 5.10 Å². The van der Waals surface area contributed by atoms with Crippen molar-refractivity contribution in [1.82, 2.24) is 15.1 Å². The zero-order valence-corrected chi connectivity index (χ0v) is 14.7. The molecule has 0 fully saturated rings. The number of aromatic nitrogens is 2. The van der Waals surface area contributed by atoms with Crippen LogP contribution < -0.4 is 5.32 Å². The first-order chi connectivity index (χ1) is 11.0. The van der Waals surface area contributed by atoms with Gasteiger partial charge in [0.1, 0.15) is 11.7 Å². The van der Waals surface area contributed by atoms with Crippen molar-refractivity contribution < 1.29 is 14.3 Å². The van der Waals surface area contributed by atoms with Gasteiger partial charge in [0.2, 0.25) is 0 Å². The summed E-state index contributed by atoms with van der Waals surface area (Å²) in [5, 5.41) is 6.88. The highest BCUT2D eigenvalue weighted by Gasteiger charge is 2.23. The summed E-state index contributed by atoms with van der Waals surface area (Å²) in [6, 6.07) is 1.05. The lowest BCUT2D eigenvalue weighted by Crippen LogP contribution is -2.42. The molecule has 130 valence electrons. The van der Waals surface area contributed by atoms with Gasteiger partial charge in [-0.05, 0) is 32.3 Å². The van der Waals surface area contributed by atoms with Gasteiger partial charge in [-0.3, -0.25) is 9.48 Å². The number of carbonyl (C=O) groups excluding carboxylic acids is 2. The van der Waals surface area contributed by atoms with E-state index < -0.39 is 6.04 Å². The van der Waals surface area contributed by atoms with E-state index in [9.17, 15) is 9.59 Å². The Kier molecular flexibility index (Phi) is 8.37. The van der Waals surface area contributed by atoms with Gasteiger partial charge in [0.15, 0.2) is 0 Å². The normalized spacial score (nSPS) is 13.4. The monoisotopic (exact) mass is 323 g/mol. The molecule has 2 atom stereocenters. The van der Waals surface area contributed by atoms with Gasteiger partial charge in [-0.15, -0.1) is 0 Å². The Bertz CT molecular complexity index is 499. The predicted molar refractivity (Wildman–Crippen MR) is 89.1 cm³/mol. The maximum atomic E-state index is 12.4. The van der Waals surface area contributed by atoms with Crippen LogP contribution in [-0.2, 0) is 16.1 Å². The third kappa shape index (κ3) is 6.04. The zero-order valence-electron chi connectivity index (χ0n) is 14.7. The highest BCUT2D eigenvalue weighted by atomic mass is 16.5. The molecule has 0 spiro atoms. The summed E-state index contributed by atoms with van der Waals surface area (Å²) in [4.78, 5) is 24.5. The Balaban J connectivity index is 2.68. The molecule has 0 saturated heterocycles. The highest BCUT2D eigenvalue weighted by molar-refractivity contribution is 5.95. The fourth-order valence-electron chi connectivity index (χ4n) is 2.38. The number of hydrogen-bond acceptors (Lipinski definition) is 4. The van der Waals surface area contributed by atoms with Gasteiger partial charge < -0.3 is 10.1 Å². The van der Waals surface area contributed by atoms with Crippen LogP contribution in [0.4, 0.5) is 0 Å². The maximum Gasteiger partial charge on any atom is 0.328 e. The minimum Gasteiger partial charge on any atom is -0.464 e. The van der Waals surface area contributed by atoms with Gasteiger partial charge in [0, 0.05) is 12.7 Å². The van der Waals surface area contributed by atoms with E-state index in [0.717, 1.165) is 19.3 Å². The summed E-state index contributed by atoms with van der Waals surface area (Å²) in [6.07, 6.45) is 5.21. The lowest BCUT2D eigenvalue weighted by molar-refractivity contribution is -0.145. The van der Waals surface area contributed by atoms with E-state index in [1.807, 2.05) is 6.92 Å². The number of aryl methyl sites for hydroxylation is 1. The van der Waals surface area contributed by atoms with Crippen molar-refractivity contribution in [3.8, 4) is 0 Å². The Morgan fingerprint density at radius 3 is 2.65 bits per heavy atom. The van der Waals surface area contributed by atoms with Gasteiger partial charge in [-0.25, -0.2) is 4.79 Å². The van der Waals surface area contributed by atoms with Crippen molar-refractivity contribution in [2.75, 3.05) is 6.61 Å². The minimum absolute atomic E-state index is 0.286. The number of amides is 1. The lowest BCUT2D eigenvalue weighted by atomic mass is 9.99. The van der Waals surface area contributed by atoms with Gasteiger partial charge in [0.05, 0.1) is 6.61 Å². The molecular weight excluding hydrogens is 294 g/mol. The number of rotatable bonds is 10. The summed E-state index contributed by atoms with van der Waals surface area (Å²) in [5.41, 5.74) is 0.462. The van der Waals surface area contributed by atoms with Crippen molar-refractivity contribution >= 4 is 11.9 Å². The number of hydrogen-bond donors (Lipinski definition) is 1. The first-order valence-corrected chi connectivity index (χ1v) is 8.52. The standard InChI is InChI=1S/C17H29N3O3/c1-5-13(4)9-8-10-14(17(22)23-7-3)19-16(21)15-11-12-18-20(15)6-2/h11-14H,5-10H2,1-4H3,(H,19,21). The first-order valence-electron chi connectivity index (χ1n) is 8.52. The molecule has 0 aliphatic rings. The van der Waals surface area contributed by atoms with E-state index in [-0.39, 0.29) is 11.9 Å². The van der Waals surface area contributed by atoms with Gasteiger partial charge in [-0.1, -0.05) is 33.1 Å². The number of ether oxygens (including phenoxy) is 1. The molecule has 1 heterocycles. The minimum atomic E-state index is -0.605. The molecule has 0 saturated carbocycles. The summed E-state index contributed by atoms with van der Waals surface area (Å²) in [7, 11) is 0. The molecule has 6 heteroatoms. The van der Waals surface area contributed by atoms with E-state index in [4.69, 9.17) is 4.74 Å². The van der Waals surface area contributed by atoms with Crippen molar-refractivity contribution in [1.29, 1.82) is 0 Å². The largest absolute Gasteiger partial charge is 0.464 e. The summed E-state index contributed by atoms with van der Waals surface area (Å²) in [6.45, 7) is 8.94. The molecule has 6 nitrogen and oxygen atoms in total. The topological polar surface area (TPSA) is 73.2 Å². The molecule has 1 amide bonds. The Morgan fingerprint density at radius 2 is 2.04 bits per heavy atom. The van der Waals surface area contributed by atoms with E-state index in [1.54, 1.807) is 23.9 Å². The smallest absolute Gasteiger partial charge is 0.328 e. The molecule has 0 aliphatic carbocycles. The van der Waals surface area contributed by atoms with Crippen LogP contribution in [0.15, 0.2) is 12.3 Å². The summed E-state index contributed by atoms with van der Waals surface area (Å²) >= 11 is 0. The summed E-state index contributed by atoms with van der Waals surface area (Å²) < 4.78 is 6.69. The van der Waals surface area contributed by atoms with Crippen LogP contribution in [0, 0.1) is 5.92 Å². The Hall–Kier alpha value is -1.85. The van der Waals surface area contributed by atoms with Gasteiger partial charge in [0.25, 0.3) is 5.91 Å². The van der Waals surface area contributed by atoms with Crippen molar-refractivity contribution in [3.63, 3.8) is 0 Å². The van der Waals surface area contributed by atoms with Crippen LogP contribution in [0.3, 0.4) is 0 Å². The molecule has 2 unspecified atom stereocenters. The maximum absolute atomic E-state index is 12.4. The van der Waals surface area contributed by atoms with Crippen LogP contribution in [0.1, 0.15) is 63.9 Å². The van der Waals surface area contributed by atoms with Crippen LogP contribution >= 0.6 is 0 Å². The van der Waals surface area contributed by atoms with E-state index in [1.165, 1.54) is 0 Å². The summed E-state index contributed by atoms with van der Waals surface area (Å²) in [5.74, 6) is -0.0337. The van der Waals surface area contributed by atoms with Crippen molar-refractivity contribution in [2.24, 2.45) is 5.92 Å². The number of carbonyl (C=O) groups is 2. The fourth-order valence-corrected chi connectivity index (χ4v) is 2.38. The molecule has 0 bridgehead atoms. The SMILES string of the molecule is CCOC(=O)C(CCCC(C)CC)NC(=O)c1ccnn1CC. The Morgan fingerprint density at radius 1 is 1.30 bits per heavy atom. The van der Waals surface area contributed by atoms with Gasteiger partial charge >= 0.3 is 5.97 Å². The van der Waals surface area contributed by atoms with Crippen LogP contribution in [0.25, 0.3) is 0 Å². The fraction of sp³-hybridized carbons (Fsp3) is 0.706. The quantitative estimate of drug-likeness (QED) is 0.672. The molecule has 0 aliphatic heterocycles. The van der Waals surface area contributed by atoms with Crippen molar-refractivity contribution in [2.45, 2.75) is 66.0 Å². The first kappa shape index (κ1) is 19.2. The lowest BCUT2D eigenvalue weighted by Gasteiger charge is -2.18. The average Bonchev–Trinajstić information content (AvgIpc) is 3.02. The van der Waals surface area contributed by atoms with Crippen molar-refractivity contribution in [3.05, 3.63) is 18.0 Å². The average molecular weight is 323 g/mol. The zero-order chi connectivity index (χ0) is 17.2. The van der Waals surface area contributed by atoms with E-state index >= 15 is 0 Å². The van der Waals surface area contributed by atoms with E-state index in [0.29, 0.717) is 31.2 Å². The second-order valence-corrected chi connectivity index (χ2v) is 5.75. The molecule has 1 N–H and O–H groups in total. The molecular formula is C17H29N3O3. The van der Waals surface area contributed by atoms with Crippen LogP contribution in [-0.4, -0.2) is 34.3 Å². The molecule has 1 aromatic rings. The highest BCUT2D eigenvalue weighted by Crippen LogP contribution is 2.13. The number of nitrogens with one attached hydrogen (secondary N) is 1. The molecule has 0 radical (unpaired) electrons. The van der Waals surface area contributed by atoms with Crippen LogP contribution in [0.2, 0.25) is 0 Å². The molecule has 1 aromatic heterocycles. The second-order valence-electron chi connectivity index (χ2n) is 5.75. The van der Waals surface area contributed by atoms with Crippen LogP contribution in [0.5, 0.6) is 0 Å². The molecule has 1 rings (SSSR count). The van der Waals surface area contributed by atoms with E-state index in [2.05, 4.69) is 24.3 Å². The second kappa shape index (κ2) is 10.0. The molecule has 0 aromatic carbocycles. The molecule has 23 heavy (non-hydrogen) atoms. The third-order valence-electron chi connectivity index (χ3n) is 4.01. The third-order valence-corrected chi connectivity index (χ3v) is 4.01. The number of esters is 1. The predicted octanol–water partition coefficient (Wildman–Crippen LogP) is 2.78.